The first-order valence-electron chi connectivity index (χ1n) is 25.3. The van der Waals surface area contributed by atoms with Gasteiger partial charge < -0.3 is 4.74 Å². The monoisotopic (exact) mass is 895 g/mol. The van der Waals surface area contributed by atoms with E-state index < -0.39 is 0 Å². The predicted octanol–water partition coefficient (Wildman–Crippen LogP) is 19.2. The van der Waals surface area contributed by atoms with E-state index in [2.05, 4.69) is 233 Å². The van der Waals surface area contributed by atoms with Gasteiger partial charge in [-0.25, -0.2) is 4.98 Å². The lowest BCUT2D eigenvalue weighted by atomic mass is 9.80. The number of nitrogens with zero attached hydrogens (tertiary/aromatic N) is 2. The molecule has 0 fully saturated rings. The van der Waals surface area contributed by atoms with E-state index in [0.29, 0.717) is 35.5 Å². The maximum Gasteiger partial charge on any atom is 0.138 e. The van der Waals surface area contributed by atoms with Crippen LogP contribution in [0.2, 0.25) is 0 Å². The zero-order valence-electron chi connectivity index (χ0n) is 42.5. The number of aromatic nitrogens is 2. The number of rotatable bonds is 13. The van der Waals surface area contributed by atoms with Crippen molar-refractivity contribution in [2.24, 2.45) is 0 Å². The van der Waals surface area contributed by atoms with Crippen LogP contribution in [-0.2, 0) is 0 Å². The molecule has 0 saturated heterocycles. The molecule has 68 heavy (non-hydrogen) atoms. The lowest BCUT2D eigenvalue weighted by molar-refractivity contribution is 0.482. The van der Waals surface area contributed by atoms with E-state index in [1.165, 1.54) is 83.1 Å². The molecule has 1 atom stereocenters. The Morgan fingerprint density at radius 2 is 1.06 bits per heavy atom. The van der Waals surface area contributed by atoms with E-state index in [4.69, 9.17) is 9.72 Å². The fourth-order valence-electron chi connectivity index (χ4n) is 10.5. The maximum atomic E-state index is 7.18. The van der Waals surface area contributed by atoms with E-state index in [0.717, 1.165) is 34.8 Å². The zero-order chi connectivity index (χ0) is 48.0. The molecule has 0 radical (unpaired) electrons. The highest BCUT2D eigenvalue weighted by Crippen LogP contribution is 2.45. The number of para-hydroxylation sites is 1. The molecule has 0 amide bonds. The van der Waals surface area contributed by atoms with Gasteiger partial charge in [-0.3, -0.25) is 4.57 Å². The molecule has 0 saturated carbocycles. The quantitative estimate of drug-likeness (QED) is 0.115. The third kappa shape index (κ3) is 9.13. The predicted molar refractivity (Wildman–Crippen MR) is 291 cm³/mol. The van der Waals surface area contributed by atoms with Crippen molar-refractivity contribution in [1.82, 2.24) is 9.55 Å². The highest BCUT2D eigenvalue weighted by molar-refractivity contribution is 6.09. The van der Waals surface area contributed by atoms with Crippen LogP contribution < -0.4 is 4.74 Å². The first-order chi connectivity index (χ1) is 32.7. The fourth-order valence-corrected chi connectivity index (χ4v) is 10.5. The summed E-state index contributed by atoms with van der Waals surface area (Å²) in [4.78, 5) is 5.13. The van der Waals surface area contributed by atoms with Crippen molar-refractivity contribution >= 4 is 27.4 Å². The Kier molecular flexibility index (Phi) is 13.2. The number of ether oxygens (including phenoxy) is 1. The van der Waals surface area contributed by atoms with Crippen LogP contribution in [0.3, 0.4) is 0 Å². The number of hydrogen-bond donors (Lipinski definition) is 0. The average molecular weight is 895 g/mol. The van der Waals surface area contributed by atoms with Gasteiger partial charge in [0.2, 0.25) is 0 Å². The number of hydrogen-bond acceptors (Lipinski definition) is 2. The third-order valence-corrected chi connectivity index (χ3v) is 14.3. The average Bonchev–Trinajstić information content (AvgIpc) is 3.66. The molecule has 1 unspecified atom stereocenters. The van der Waals surface area contributed by atoms with Gasteiger partial charge in [0, 0.05) is 29.0 Å². The smallest absolute Gasteiger partial charge is 0.138 e. The van der Waals surface area contributed by atoms with Crippen LogP contribution in [0.4, 0.5) is 0 Å². The Morgan fingerprint density at radius 3 is 1.66 bits per heavy atom. The van der Waals surface area contributed by atoms with Crippen LogP contribution in [0, 0.1) is 0 Å². The molecule has 0 aliphatic heterocycles. The van der Waals surface area contributed by atoms with Gasteiger partial charge in [-0.15, -0.1) is 0 Å². The minimum atomic E-state index is 0.190. The molecule has 1 aliphatic carbocycles. The molecule has 0 bridgehead atoms. The van der Waals surface area contributed by atoms with E-state index in [9.17, 15) is 0 Å². The Balaban J connectivity index is 1.20. The van der Waals surface area contributed by atoms with E-state index >= 15 is 0 Å². The number of benzene rings is 6. The second-order valence-electron chi connectivity index (χ2n) is 21.2. The van der Waals surface area contributed by atoms with Crippen molar-refractivity contribution in [2.45, 2.75) is 131 Å². The molecule has 0 spiro atoms. The SMILES string of the molecule is CC(C)c1cc(C(C)C)c(-c2cc(Oc3ccc4c5ccccc5n(-c5cc(-c6c(C(C)C)cc(C(C)C)cc6C(C)C)ccn5)c4c3)cc(C3C=CC=C(c4ccccc4)C3)c2)c(C(C)C)c1. The summed E-state index contributed by atoms with van der Waals surface area (Å²) in [5.41, 5.74) is 19.5. The van der Waals surface area contributed by atoms with Crippen LogP contribution in [0.1, 0.15) is 175 Å². The Labute approximate surface area is 406 Å². The van der Waals surface area contributed by atoms with Gasteiger partial charge in [-0.2, -0.15) is 0 Å². The molecule has 6 aromatic carbocycles. The standard InChI is InChI=1S/C65H70N2O/c1-39(2)49-33-57(41(5)6)64(58(34-49)42(7)8)48-27-28-66-63(37-48)67-61-24-17-16-23-55(61)56-26-25-53(38-62(56)67)68-54-31-51(47-22-18-21-46(29-47)45-19-14-13-15-20-45)30-52(32-54)65-59(43(9)10)35-50(40(3)4)36-60(65)44(11)12/h13-28,30-44,47H,29H2,1-12H3. The molecular formula is C65H70N2O. The van der Waals surface area contributed by atoms with Crippen molar-refractivity contribution in [1.29, 1.82) is 0 Å². The van der Waals surface area contributed by atoms with Crippen LogP contribution in [-0.4, -0.2) is 9.55 Å². The summed E-state index contributed by atoms with van der Waals surface area (Å²) in [5, 5.41) is 2.36. The minimum Gasteiger partial charge on any atom is -0.457 e. The number of allylic oxidation sites excluding steroid dienone is 4. The second-order valence-corrected chi connectivity index (χ2v) is 21.2. The van der Waals surface area contributed by atoms with Crippen LogP contribution >= 0.6 is 0 Å². The van der Waals surface area contributed by atoms with Gasteiger partial charge in [0.25, 0.3) is 0 Å². The lowest BCUT2D eigenvalue weighted by Gasteiger charge is -2.25. The fraction of sp³-hybridized carbons (Fsp3) is 0.308. The van der Waals surface area contributed by atoms with E-state index in [1.807, 2.05) is 6.20 Å². The Hall–Kier alpha value is -6.45. The molecule has 3 nitrogen and oxygen atoms in total. The summed E-state index contributed by atoms with van der Waals surface area (Å²) in [5.74, 6) is 5.05. The van der Waals surface area contributed by atoms with Crippen molar-refractivity contribution in [3.8, 4) is 39.6 Å². The van der Waals surface area contributed by atoms with Gasteiger partial charge in [-0.1, -0.05) is 180 Å². The summed E-state index contributed by atoms with van der Waals surface area (Å²) in [6.45, 7) is 27.8. The second kappa shape index (κ2) is 19.3. The largest absolute Gasteiger partial charge is 0.457 e. The van der Waals surface area contributed by atoms with Crippen LogP contribution in [0.15, 0.2) is 152 Å². The van der Waals surface area contributed by atoms with E-state index in [1.54, 1.807) is 0 Å². The molecule has 3 heteroatoms. The summed E-state index contributed by atoms with van der Waals surface area (Å²) in [6, 6.07) is 47.5. The van der Waals surface area contributed by atoms with Gasteiger partial charge in [0.15, 0.2) is 0 Å². The molecular weight excluding hydrogens is 825 g/mol. The summed E-state index contributed by atoms with van der Waals surface area (Å²) >= 11 is 0. The molecule has 1 aliphatic rings. The summed E-state index contributed by atoms with van der Waals surface area (Å²) < 4.78 is 9.51. The molecule has 346 valence electrons. The molecule has 2 aromatic heterocycles. The molecule has 2 heterocycles. The number of fused-ring (bicyclic) bond motifs is 3. The third-order valence-electron chi connectivity index (χ3n) is 14.3. The highest BCUT2D eigenvalue weighted by atomic mass is 16.5. The first kappa shape index (κ1) is 46.7. The van der Waals surface area contributed by atoms with E-state index in [-0.39, 0.29) is 5.92 Å². The topological polar surface area (TPSA) is 27.1 Å². The van der Waals surface area contributed by atoms with Crippen molar-refractivity contribution in [3.05, 3.63) is 196 Å². The van der Waals surface area contributed by atoms with Crippen molar-refractivity contribution < 1.29 is 4.74 Å². The Morgan fingerprint density at radius 1 is 0.485 bits per heavy atom. The minimum absolute atomic E-state index is 0.190. The van der Waals surface area contributed by atoms with Crippen LogP contribution in [0.5, 0.6) is 11.5 Å². The van der Waals surface area contributed by atoms with Gasteiger partial charge >= 0.3 is 0 Å². The highest BCUT2D eigenvalue weighted by Gasteiger charge is 2.24. The molecule has 9 rings (SSSR count). The van der Waals surface area contributed by atoms with Crippen LogP contribution in [0.25, 0.3) is 55.5 Å². The van der Waals surface area contributed by atoms with Gasteiger partial charge in [0.1, 0.15) is 17.3 Å². The molecule has 0 N–H and O–H groups in total. The number of pyridine rings is 1. The summed E-state index contributed by atoms with van der Waals surface area (Å²) in [6.07, 6.45) is 9.79. The van der Waals surface area contributed by atoms with Crippen molar-refractivity contribution in [3.63, 3.8) is 0 Å². The van der Waals surface area contributed by atoms with Gasteiger partial charge in [-0.05, 0) is 157 Å². The first-order valence-corrected chi connectivity index (χ1v) is 25.3. The Bertz CT molecular complexity index is 3130. The van der Waals surface area contributed by atoms with Crippen molar-refractivity contribution in [2.75, 3.05) is 0 Å². The normalized spacial score (nSPS) is 14.2. The van der Waals surface area contributed by atoms with Gasteiger partial charge in [0.05, 0.1) is 11.0 Å². The maximum absolute atomic E-state index is 7.18. The zero-order valence-corrected chi connectivity index (χ0v) is 42.5. The summed E-state index contributed by atoms with van der Waals surface area (Å²) in [7, 11) is 0. The lowest BCUT2D eigenvalue weighted by Crippen LogP contribution is -2.05. The molecule has 8 aromatic rings.